The number of likely N-dealkylation sites (tertiary alicyclic amines) is 1. The van der Waals surface area contributed by atoms with Gasteiger partial charge in [0.05, 0.1) is 42.6 Å². The lowest BCUT2D eigenvalue weighted by atomic mass is 10.0. The summed E-state index contributed by atoms with van der Waals surface area (Å²) in [6.45, 7) is 2.60. The van der Waals surface area contributed by atoms with Crippen LogP contribution in [0.5, 0.6) is 11.5 Å². The number of carbonyl (C=O) groups is 1. The maximum atomic E-state index is 14.1. The van der Waals surface area contributed by atoms with Crippen molar-refractivity contribution < 1.29 is 14.3 Å². The number of hydrogen-bond donors (Lipinski definition) is 0. The van der Waals surface area contributed by atoms with Crippen molar-refractivity contribution in [1.82, 2.24) is 19.7 Å². The maximum Gasteiger partial charge on any atom is 0.255 e. The molecule has 2 aromatic carbocycles. The molecular formula is C27H28N4O3. The number of nitrogens with zero attached hydrogens (tertiary/aromatic N) is 4. The third-order valence-electron chi connectivity index (χ3n) is 6.58. The standard InChI is InChI=1S/C27H28N4O3/c1-17-25-21(16-22(18-9-6-5-7-10-18)28-26(25)30(2)29-17)27(32)31-14-8-11-23(31)20-15-19(33-3)12-13-24(20)34-4/h5-7,9-10,12-13,15-16,23H,8,11,14H2,1-4H3. The summed E-state index contributed by atoms with van der Waals surface area (Å²) in [6.07, 6.45) is 1.78. The van der Waals surface area contributed by atoms with Crippen LogP contribution in [-0.4, -0.2) is 46.3 Å². The highest BCUT2D eigenvalue weighted by Crippen LogP contribution is 2.40. The first-order chi connectivity index (χ1) is 16.5. The van der Waals surface area contributed by atoms with Crippen LogP contribution in [0.3, 0.4) is 0 Å². The van der Waals surface area contributed by atoms with Crippen molar-refractivity contribution in [1.29, 1.82) is 0 Å². The SMILES string of the molecule is COc1ccc(OC)c(C2CCCN2C(=O)c2cc(-c3ccccc3)nc3c2c(C)nn3C)c1. The number of methoxy groups -OCH3 is 2. The molecule has 0 radical (unpaired) electrons. The van der Waals surface area contributed by atoms with E-state index in [4.69, 9.17) is 14.5 Å². The summed E-state index contributed by atoms with van der Waals surface area (Å²) in [5, 5.41) is 5.37. The first kappa shape index (κ1) is 21.9. The van der Waals surface area contributed by atoms with Gasteiger partial charge in [0.15, 0.2) is 5.65 Å². The van der Waals surface area contributed by atoms with E-state index >= 15 is 0 Å². The van der Waals surface area contributed by atoms with E-state index in [2.05, 4.69) is 5.10 Å². The maximum absolute atomic E-state index is 14.1. The van der Waals surface area contributed by atoms with E-state index in [0.29, 0.717) is 17.8 Å². The van der Waals surface area contributed by atoms with Gasteiger partial charge in [-0.25, -0.2) is 4.98 Å². The third-order valence-corrected chi connectivity index (χ3v) is 6.58. The first-order valence-electron chi connectivity index (χ1n) is 11.4. The molecule has 0 saturated carbocycles. The van der Waals surface area contributed by atoms with E-state index in [1.54, 1.807) is 18.9 Å². The van der Waals surface area contributed by atoms with Crippen molar-refractivity contribution in [3.8, 4) is 22.8 Å². The minimum Gasteiger partial charge on any atom is -0.497 e. The van der Waals surface area contributed by atoms with E-state index in [1.165, 1.54) is 0 Å². The minimum absolute atomic E-state index is 0.0203. The summed E-state index contributed by atoms with van der Waals surface area (Å²) in [6, 6.07) is 17.5. The Labute approximate surface area is 198 Å². The van der Waals surface area contributed by atoms with Gasteiger partial charge in [-0.15, -0.1) is 0 Å². The fourth-order valence-corrected chi connectivity index (χ4v) is 4.96. The molecule has 0 bridgehead atoms. The molecule has 4 aromatic rings. The largest absolute Gasteiger partial charge is 0.497 e. The van der Waals surface area contributed by atoms with Gasteiger partial charge in [0, 0.05) is 24.7 Å². The molecule has 1 fully saturated rings. The Bertz CT molecular complexity index is 1360. The monoisotopic (exact) mass is 456 g/mol. The number of carbonyl (C=O) groups excluding carboxylic acids is 1. The quantitative estimate of drug-likeness (QED) is 0.426. The molecule has 7 nitrogen and oxygen atoms in total. The number of amides is 1. The van der Waals surface area contributed by atoms with Gasteiger partial charge in [0.25, 0.3) is 5.91 Å². The van der Waals surface area contributed by atoms with Gasteiger partial charge in [0.2, 0.25) is 0 Å². The van der Waals surface area contributed by atoms with Crippen molar-refractivity contribution >= 4 is 16.9 Å². The summed E-state index contributed by atoms with van der Waals surface area (Å²) >= 11 is 0. The molecule has 0 aliphatic carbocycles. The molecule has 5 rings (SSSR count). The summed E-state index contributed by atoms with van der Waals surface area (Å²) in [7, 11) is 5.17. The van der Waals surface area contributed by atoms with Crippen LogP contribution in [0.4, 0.5) is 0 Å². The number of benzene rings is 2. The second kappa shape index (κ2) is 8.82. The zero-order valence-corrected chi connectivity index (χ0v) is 19.9. The molecule has 1 atom stereocenters. The Kier molecular flexibility index (Phi) is 5.69. The van der Waals surface area contributed by atoms with E-state index in [1.807, 2.05) is 73.5 Å². The van der Waals surface area contributed by atoms with Crippen molar-refractivity contribution in [3.05, 3.63) is 71.4 Å². The van der Waals surface area contributed by atoms with Crippen molar-refractivity contribution in [2.45, 2.75) is 25.8 Å². The van der Waals surface area contributed by atoms with Crippen LogP contribution in [-0.2, 0) is 7.05 Å². The van der Waals surface area contributed by atoms with Crippen LogP contribution in [0.15, 0.2) is 54.6 Å². The fourth-order valence-electron chi connectivity index (χ4n) is 4.96. The molecule has 0 N–H and O–H groups in total. The van der Waals surface area contributed by atoms with Crippen LogP contribution < -0.4 is 9.47 Å². The second-order valence-electron chi connectivity index (χ2n) is 8.59. The lowest BCUT2D eigenvalue weighted by Crippen LogP contribution is -2.31. The highest BCUT2D eigenvalue weighted by molar-refractivity contribution is 6.07. The molecule has 34 heavy (non-hydrogen) atoms. The van der Waals surface area contributed by atoms with Gasteiger partial charge in [-0.3, -0.25) is 9.48 Å². The average molecular weight is 457 g/mol. The second-order valence-corrected chi connectivity index (χ2v) is 8.59. The lowest BCUT2D eigenvalue weighted by molar-refractivity contribution is 0.0736. The Balaban J connectivity index is 1.63. The Morgan fingerprint density at radius 2 is 1.85 bits per heavy atom. The molecule has 3 heterocycles. The lowest BCUT2D eigenvalue weighted by Gasteiger charge is -2.27. The summed E-state index contributed by atoms with van der Waals surface area (Å²) in [5.74, 6) is 1.48. The molecule has 1 aliphatic heterocycles. The Hall–Kier alpha value is -3.87. The fraction of sp³-hybridized carbons (Fsp3) is 0.296. The van der Waals surface area contributed by atoms with Crippen molar-refractivity contribution in [2.75, 3.05) is 20.8 Å². The summed E-state index contributed by atoms with van der Waals surface area (Å²) in [4.78, 5) is 20.9. The molecule has 7 heteroatoms. The van der Waals surface area contributed by atoms with Crippen LogP contribution in [0.2, 0.25) is 0 Å². The third kappa shape index (κ3) is 3.67. The van der Waals surface area contributed by atoms with Gasteiger partial charge < -0.3 is 14.4 Å². The van der Waals surface area contributed by atoms with Crippen LogP contribution in [0.1, 0.15) is 40.5 Å². The molecule has 1 unspecified atom stereocenters. The predicted octanol–water partition coefficient (Wildman–Crippen LogP) is 4.94. The molecular weight excluding hydrogens is 428 g/mol. The summed E-state index contributed by atoms with van der Waals surface area (Å²) in [5.41, 5.74) is 4.81. The number of aromatic nitrogens is 3. The van der Waals surface area contributed by atoms with Crippen molar-refractivity contribution in [3.63, 3.8) is 0 Å². The van der Waals surface area contributed by atoms with Crippen LogP contribution in [0, 0.1) is 6.92 Å². The normalized spacial score (nSPS) is 15.6. The highest BCUT2D eigenvalue weighted by atomic mass is 16.5. The first-order valence-corrected chi connectivity index (χ1v) is 11.4. The average Bonchev–Trinajstić information content (AvgIpc) is 3.47. The molecule has 2 aromatic heterocycles. The number of rotatable bonds is 5. The van der Waals surface area contributed by atoms with Gasteiger partial charge in [0.1, 0.15) is 11.5 Å². The van der Waals surface area contributed by atoms with Gasteiger partial charge >= 0.3 is 0 Å². The van der Waals surface area contributed by atoms with Gasteiger partial charge in [-0.05, 0) is 44.0 Å². The van der Waals surface area contributed by atoms with Gasteiger partial charge in [-0.1, -0.05) is 30.3 Å². The molecule has 1 amide bonds. The van der Waals surface area contributed by atoms with Gasteiger partial charge in [-0.2, -0.15) is 5.10 Å². The van der Waals surface area contributed by atoms with E-state index < -0.39 is 0 Å². The van der Waals surface area contributed by atoms with E-state index in [-0.39, 0.29) is 11.9 Å². The number of hydrogen-bond acceptors (Lipinski definition) is 5. The van der Waals surface area contributed by atoms with E-state index in [9.17, 15) is 4.79 Å². The zero-order valence-electron chi connectivity index (χ0n) is 19.9. The Morgan fingerprint density at radius 3 is 2.59 bits per heavy atom. The molecule has 1 saturated heterocycles. The predicted molar refractivity (Wildman–Crippen MR) is 131 cm³/mol. The van der Waals surface area contributed by atoms with Crippen LogP contribution in [0.25, 0.3) is 22.3 Å². The topological polar surface area (TPSA) is 69.5 Å². The zero-order chi connectivity index (χ0) is 23.8. The highest BCUT2D eigenvalue weighted by Gasteiger charge is 2.34. The summed E-state index contributed by atoms with van der Waals surface area (Å²) < 4.78 is 12.9. The molecule has 174 valence electrons. The van der Waals surface area contributed by atoms with Crippen molar-refractivity contribution in [2.24, 2.45) is 7.05 Å². The molecule has 1 aliphatic rings. The number of ether oxygens (including phenoxy) is 2. The number of pyridine rings is 1. The smallest absolute Gasteiger partial charge is 0.255 e. The number of aryl methyl sites for hydroxylation is 2. The molecule has 0 spiro atoms. The Morgan fingerprint density at radius 1 is 1.06 bits per heavy atom. The minimum atomic E-state index is -0.0991. The number of fused-ring (bicyclic) bond motifs is 1. The van der Waals surface area contributed by atoms with Crippen LogP contribution >= 0.6 is 0 Å². The van der Waals surface area contributed by atoms with E-state index in [0.717, 1.165) is 52.2 Å².